The van der Waals surface area contributed by atoms with E-state index in [1.807, 2.05) is 0 Å². The second kappa shape index (κ2) is 6.15. The standard InChI is InChI=1S/C15H17N5O3/c1-2-6-20-14(22)12-8-10(3-7-19(12)15(20)23)18-13(21)11-9-16-4-5-17-11/h2,4-5,9-10,12H,1,3,6-8H2,(H,18,21)/t10-,12-/m0/s1. The van der Waals surface area contributed by atoms with Gasteiger partial charge in [-0.15, -0.1) is 6.58 Å². The number of nitrogens with one attached hydrogen (secondary N) is 1. The monoisotopic (exact) mass is 315 g/mol. The molecule has 23 heavy (non-hydrogen) atoms. The number of imide groups is 1. The molecule has 0 aromatic carbocycles. The molecule has 0 spiro atoms. The SMILES string of the molecule is C=CCN1C(=O)[C@@H]2C[C@@H](NC(=O)c3cnccn3)CCN2C1=O. The Morgan fingerprint density at radius 2 is 2.26 bits per heavy atom. The Morgan fingerprint density at radius 3 is 2.96 bits per heavy atom. The van der Waals surface area contributed by atoms with Gasteiger partial charge in [0, 0.05) is 31.5 Å². The molecule has 0 aliphatic carbocycles. The third kappa shape index (κ3) is 2.79. The highest BCUT2D eigenvalue weighted by Crippen LogP contribution is 2.27. The van der Waals surface area contributed by atoms with Crippen molar-refractivity contribution >= 4 is 17.8 Å². The summed E-state index contributed by atoms with van der Waals surface area (Å²) in [5.74, 6) is -0.551. The number of nitrogens with zero attached hydrogens (tertiary/aromatic N) is 4. The van der Waals surface area contributed by atoms with E-state index in [1.54, 1.807) is 4.90 Å². The number of urea groups is 1. The number of hydrogen-bond acceptors (Lipinski definition) is 5. The predicted octanol–water partition coefficient (Wildman–Crippen LogP) is 0.188. The van der Waals surface area contributed by atoms with Gasteiger partial charge in [-0.3, -0.25) is 19.5 Å². The van der Waals surface area contributed by atoms with E-state index in [4.69, 9.17) is 0 Å². The van der Waals surface area contributed by atoms with Crippen molar-refractivity contribution in [1.29, 1.82) is 0 Å². The number of rotatable bonds is 4. The van der Waals surface area contributed by atoms with Gasteiger partial charge in [0.1, 0.15) is 11.7 Å². The van der Waals surface area contributed by atoms with E-state index in [9.17, 15) is 14.4 Å². The lowest BCUT2D eigenvalue weighted by Crippen LogP contribution is -2.49. The largest absolute Gasteiger partial charge is 0.348 e. The smallest absolute Gasteiger partial charge is 0.327 e. The van der Waals surface area contributed by atoms with Crippen molar-refractivity contribution in [2.75, 3.05) is 13.1 Å². The number of hydrogen-bond donors (Lipinski definition) is 1. The lowest BCUT2D eigenvalue weighted by Gasteiger charge is -2.32. The van der Waals surface area contributed by atoms with Gasteiger partial charge >= 0.3 is 6.03 Å². The fraction of sp³-hybridized carbons (Fsp3) is 0.400. The summed E-state index contributed by atoms with van der Waals surface area (Å²) in [6.07, 6.45) is 6.87. The van der Waals surface area contributed by atoms with Gasteiger partial charge in [0.25, 0.3) is 11.8 Å². The molecule has 2 aliphatic heterocycles. The van der Waals surface area contributed by atoms with Crippen LogP contribution in [-0.4, -0.2) is 62.8 Å². The summed E-state index contributed by atoms with van der Waals surface area (Å²) in [6, 6.07) is -0.965. The normalized spacial score (nSPS) is 23.7. The zero-order valence-electron chi connectivity index (χ0n) is 12.5. The maximum atomic E-state index is 12.3. The van der Waals surface area contributed by atoms with Gasteiger partial charge < -0.3 is 10.2 Å². The van der Waals surface area contributed by atoms with Crippen molar-refractivity contribution < 1.29 is 14.4 Å². The molecule has 1 aromatic heterocycles. The Balaban J connectivity index is 1.66. The van der Waals surface area contributed by atoms with Crippen LogP contribution in [0.3, 0.4) is 0 Å². The van der Waals surface area contributed by atoms with Gasteiger partial charge in [-0.05, 0) is 12.8 Å². The second-order valence-electron chi connectivity index (χ2n) is 5.51. The van der Waals surface area contributed by atoms with Crippen LogP contribution in [0, 0.1) is 0 Å². The van der Waals surface area contributed by atoms with E-state index in [0.29, 0.717) is 19.4 Å². The molecule has 1 N–H and O–H groups in total. The summed E-state index contributed by atoms with van der Waals surface area (Å²) in [6.45, 7) is 4.21. The zero-order valence-corrected chi connectivity index (χ0v) is 12.5. The maximum absolute atomic E-state index is 12.3. The molecule has 2 fully saturated rings. The van der Waals surface area contributed by atoms with Crippen LogP contribution < -0.4 is 5.32 Å². The van der Waals surface area contributed by atoms with E-state index in [2.05, 4.69) is 21.9 Å². The summed E-state index contributed by atoms with van der Waals surface area (Å²) in [5, 5.41) is 2.86. The Kier molecular flexibility index (Phi) is 4.05. The molecule has 0 bridgehead atoms. The molecule has 0 unspecified atom stereocenters. The molecular formula is C15H17N5O3. The van der Waals surface area contributed by atoms with Crippen LogP contribution in [0.15, 0.2) is 31.2 Å². The first kappa shape index (κ1) is 15.1. The molecule has 2 aliphatic rings. The summed E-state index contributed by atoms with van der Waals surface area (Å²) in [4.78, 5) is 47.2. The topological polar surface area (TPSA) is 95.5 Å². The highest BCUT2D eigenvalue weighted by atomic mass is 16.2. The molecule has 3 rings (SSSR count). The van der Waals surface area contributed by atoms with Gasteiger partial charge in [0.05, 0.1) is 6.20 Å². The van der Waals surface area contributed by atoms with Gasteiger partial charge in [0.15, 0.2) is 0 Å². The minimum absolute atomic E-state index is 0.175. The van der Waals surface area contributed by atoms with E-state index in [-0.39, 0.29) is 36.1 Å². The Morgan fingerprint density at radius 1 is 1.43 bits per heavy atom. The first-order chi connectivity index (χ1) is 11.1. The molecule has 0 saturated carbocycles. The molecule has 1 aromatic rings. The molecule has 8 nitrogen and oxygen atoms in total. The van der Waals surface area contributed by atoms with Gasteiger partial charge in [-0.25, -0.2) is 9.78 Å². The molecule has 3 heterocycles. The first-order valence-corrected chi connectivity index (χ1v) is 7.41. The fourth-order valence-electron chi connectivity index (χ4n) is 2.96. The average molecular weight is 315 g/mol. The third-order valence-corrected chi connectivity index (χ3v) is 4.07. The number of carbonyl (C=O) groups is 3. The third-order valence-electron chi connectivity index (χ3n) is 4.07. The summed E-state index contributed by atoms with van der Waals surface area (Å²) < 4.78 is 0. The second-order valence-corrected chi connectivity index (χ2v) is 5.51. The summed E-state index contributed by atoms with van der Waals surface area (Å²) >= 11 is 0. The van der Waals surface area contributed by atoms with Crippen molar-refractivity contribution in [2.24, 2.45) is 0 Å². The molecule has 4 amide bonds. The molecule has 2 atom stereocenters. The minimum atomic E-state index is -0.511. The summed E-state index contributed by atoms with van der Waals surface area (Å²) in [7, 11) is 0. The Labute approximate surface area is 133 Å². The quantitative estimate of drug-likeness (QED) is 0.632. The molecule has 8 heteroatoms. The van der Waals surface area contributed by atoms with Crippen LogP contribution >= 0.6 is 0 Å². The van der Waals surface area contributed by atoms with Crippen LogP contribution in [0.1, 0.15) is 23.3 Å². The fourth-order valence-corrected chi connectivity index (χ4v) is 2.96. The average Bonchev–Trinajstić information content (AvgIpc) is 2.81. The van der Waals surface area contributed by atoms with Crippen molar-refractivity contribution in [3.05, 3.63) is 36.9 Å². The molecule has 120 valence electrons. The Bertz CT molecular complexity index is 648. The van der Waals surface area contributed by atoms with Crippen molar-refractivity contribution in [3.63, 3.8) is 0 Å². The van der Waals surface area contributed by atoms with Gasteiger partial charge in [-0.1, -0.05) is 6.08 Å². The van der Waals surface area contributed by atoms with E-state index >= 15 is 0 Å². The summed E-state index contributed by atoms with van der Waals surface area (Å²) in [5.41, 5.74) is 0.233. The van der Waals surface area contributed by atoms with E-state index < -0.39 is 6.04 Å². The first-order valence-electron chi connectivity index (χ1n) is 7.41. The van der Waals surface area contributed by atoms with Crippen molar-refractivity contribution in [2.45, 2.75) is 24.9 Å². The van der Waals surface area contributed by atoms with Gasteiger partial charge in [0.2, 0.25) is 0 Å². The van der Waals surface area contributed by atoms with Crippen LogP contribution in [0.5, 0.6) is 0 Å². The zero-order chi connectivity index (χ0) is 16.4. The highest BCUT2D eigenvalue weighted by Gasteiger charge is 2.47. The van der Waals surface area contributed by atoms with E-state index in [0.717, 1.165) is 0 Å². The predicted molar refractivity (Wildman–Crippen MR) is 80.3 cm³/mol. The Hall–Kier alpha value is -2.77. The van der Waals surface area contributed by atoms with Crippen LogP contribution in [0.2, 0.25) is 0 Å². The minimum Gasteiger partial charge on any atom is -0.348 e. The maximum Gasteiger partial charge on any atom is 0.327 e. The molecule has 2 saturated heterocycles. The number of piperidine rings is 1. The van der Waals surface area contributed by atoms with Crippen LogP contribution in [0.4, 0.5) is 4.79 Å². The molecule has 0 radical (unpaired) electrons. The molecular weight excluding hydrogens is 298 g/mol. The van der Waals surface area contributed by atoms with Crippen molar-refractivity contribution in [3.8, 4) is 0 Å². The van der Waals surface area contributed by atoms with E-state index in [1.165, 1.54) is 29.6 Å². The van der Waals surface area contributed by atoms with Gasteiger partial charge in [-0.2, -0.15) is 0 Å². The van der Waals surface area contributed by atoms with Crippen LogP contribution in [0.25, 0.3) is 0 Å². The van der Waals surface area contributed by atoms with Crippen LogP contribution in [-0.2, 0) is 4.79 Å². The highest BCUT2D eigenvalue weighted by molar-refractivity contribution is 6.04. The number of amides is 4. The lowest BCUT2D eigenvalue weighted by atomic mass is 9.98. The number of fused-ring (bicyclic) bond motifs is 1. The lowest BCUT2D eigenvalue weighted by molar-refractivity contribution is -0.128. The van der Waals surface area contributed by atoms with Crippen molar-refractivity contribution in [1.82, 2.24) is 25.1 Å². The number of aromatic nitrogens is 2. The number of carbonyl (C=O) groups excluding carboxylic acids is 3.